The number of likely N-dealkylation sites (tertiary alicyclic amines) is 1. The summed E-state index contributed by atoms with van der Waals surface area (Å²) in [4.78, 5) is 2.42. The number of anilines is 1. The van der Waals surface area contributed by atoms with Gasteiger partial charge in [0, 0.05) is 31.7 Å². The van der Waals surface area contributed by atoms with Crippen molar-refractivity contribution in [3.05, 3.63) is 28.8 Å². The van der Waals surface area contributed by atoms with E-state index in [1.165, 1.54) is 0 Å². The molecule has 112 valence electrons. The average Bonchev–Trinajstić information content (AvgIpc) is 2.35. The molecule has 1 fully saturated rings. The molecule has 1 saturated heterocycles. The van der Waals surface area contributed by atoms with Gasteiger partial charge < -0.3 is 10.2 Å². The summed E-state index contributed by atoms with van der Waals surface area (Å²) in [6.45, 7) is 7.50. The minimum absolute atomic E-state index is 0.104. The minimum atomic E-state index is -0.648. The van der Waals surface area contributed by atoms with Gasteiger partial charge in [-0.05, 0) is 24.8 Å². The zero-order valence-corrected chi connectivity index (χ0v) is 12.7. The molecule has 1 aromatic carbocycles. The van der Waals surface area contributed by atoms with Crippen LogP contribution in [0.4, 0.5) is 14.5 Å². The SMILES string of the molecule is CC(C)CN1CCC(Nc2c(F)cc(F)cc2Cl)CC1. The van der Waals surface area contributed by atoms with E-state index < -0.39 is 11.6 Å². The maximum absolute atomic E-state index is 13.7. The summed E-state index contributed by atoms with van der Waals surface area (Å²) < 4.78 is 26.7. The second-order valence-electron chi connectivity index (χ2n) is 5.86. The molecule has 0 amide bonds. The first-order valence-corrected chi connectivity index (χ1v) is 7.47. The Morgan fingerprint density at radius 3 is 2.50 bits per heavy atom. The van der Waals surface area contributed by atoms with Crippen LogP contribution in [0.15, 0.2) is 12.1 Å². The van der Waals surface area contributed by atoms with Crippen LogP contribution in [0.2, 0.25) is 5.02 Å². The molecular formula is C15H21ClF2N2. The Kier molecular flexibility index (Phi) is 5.22. The number of benzene rings is 1. The summed E-state index contributed by atoms with van der Waals surface area (Å²) in [5.41, 5.74) is 0.218. The van der Waals surface area contributed by atoms with Crippen LogP contribution in [-0.4, -0.2) is 30.6 Å². The molecule has 2 rings (SSSR count). The molecule has 0 aromatic heterocycles. The molecule has 0 unspecified atom stereocenters. The van der Waals surface area contributed by atoms with E-state index in [1.807, 2.05) is 0 Å². The maximum Gasteiger partial charge on any atom is 0.150 e. The third kappa shape index (κ3) is 4.06. The number of halogens is 3. The van der Waals surface area contributed by atoms with Crippen LogP contribution in [0, 0.1) is 17.6 Å². The Morgan fingerprint density at radius 1 is 1.30 bits per heavy atom. The lowest BCUT2D eigenvalue weighted by Gasteiger charge is -2.34. The second-order valence-corrected chi connectivity index (χ2v) is 6.26. The third-order valence-corrected chi connectivity index (χ3v) is 3.86. The third-order valence-electron chi connectivity index (χ3n) is 3.57. The molecule has 1 N–H and O–H groups in total. The zero-order chi connectivity index (χ0) is 14.7. The number of hydrogen-bond donors (Lipinski definition) is 1. The number of nitrogens with one attached hydrogen (secondary N) is 1. The molecule has 20 heavy (non-hydrogen) atoms. The van der Waals surface area contributed by atoms with Crippen molar-refractivity contribution in [3.8, 4) is 0 Å². The Morgan fingerprint density at radius 2 is 1.95 bits per heavy atom. The van der Waals surface area contributed by atoms with E-state index in [1.54, 1.807) is 0 Å². The fraction of sp³-hybridized carbons (Fsp3) is 0.600. The highest BCUT2D eigenvalue weighted by atomic mass is 35.5. The minimum Gasteiger partial charge on any atom is -0.379 e. The first kappa shape index (κ1) is 15.5. The van der Waals surface area contributed by atoms with Gasteiger partial charge in [0.1, 0.15) is 5.82 Å². The quantitative estimate of drug-likeness (QED) is 0.899. The Bertz CT molecular complexity index is 434. The fourth-order valence-electron chi connectivity index (χ4n) is 2.66. The van der Waals surface area contributed by atoms with E-state index in [0.29, 0.717) is 5.92 Å². The van der Waals surface area contributed by atoms with Crippen LogP contribution in [0.25, 0.3) is 0 Å². The smallest absolute Gasteiger partial charge is 0.150 e. The van der Waals surface area contributed by atoms with Gasteiger partial charge in [-0.25, -0.2) is 8.78 Å². The summed E-state index contributed by atoms with van der Waals surface area (Å²) in [6.07, 6.45) is 1.89. The summed E-state index contributed by atoms with van der Waals surface area (Å²) >= 11 is 5.90. The lowest BCUT2D eigenvalue weighted by molar-refractivity contribution is 0.198. The van der Waals surface area contributed by atoms with Crippen LogP contribution >= 0.6 is 11.6 Å². The van der Waals surface area contributed by atoms with E-state index in [9.17, 15) is 8.78 Å². The Labute approximate surface area is 124 Å². The highest BCUT2D eigenvalue weighted by Gasteiger charge is 2.21. The standard InChI is InChI=1S/C15H21ClF2N2/c1-10(2)9-20-5-3-12(4-6-20)19-15-13(16)7-11(17)8-14(15)18/h7-8,10,12,19H,3-6,9H2,1-2H3. The van der Waals surface area contributed by atoms with Gasteiger partial charge in [0.05, 0.1) is 10.7 Å². The molecule has 0 aliphatic carbocycles. The van der Waals surface area contributed by atoms with Gasteiger partial charge in [0.2, 0.25) is 0 Å². The normalized spacial score (nSPS) is 17.7. The molecule has 1 heterocycles. The molecule has 1 aliphatic rings. The molecule has 1 aliphatic heterocycles. The van der Waals surface area contributed by atoms with E-state index in [4.69, 9.17) is 11.6 Å². The molecule has 0 spiro atoms. The van der Waals surface area contributed by atoms with Crippen LogP contribution in [0.3, 0.4) is 0 Å². The zero-order valence-electron chi connectivity index (χ0n) is 11.9. The lowest BCUT2D eigenvalue weighted by Crippen LogP contribution is -2.40. The van der Waals surface area contributed by atoms with Gasteiger partial charge in [0.25, 0.3) is 0 Å². The van der Waals surface area contributed by atoms with Crippen LogP contribution in [0.5, 0.6) is 0 Å². The maximum atomic E-state index is 13.7. The van der Waals surface area contributed by atoms with Crippen molar-refractivity contribution in [3.63, 3.8) is 0 Å². The van der Waals surface area contributed by atoms with Crippen molar-refractivity contribution >= 4 is 17.3 Å². The fourth-order valence-corrected chi connectivity index (χ4v) is 2.91. The molecule has 1 aromatic rings. The van der Waals surface area contributed by atoms with Crippen molar-refractivity contribution in [1.82, 2.24) is 4.90 Å². The van der Waals surface area contributed by atoms with Crippen molar-refractivity contribution in [1.29, 1.82) is 0 Å². The Hall–Kier alpha value is -0.870. The predicted octanol–water partition coefficient (Wildman–Crippen LogP) is 4.15. The monoisotopic (exact) mass is 302 g/mol. The van der Waals surface area contributed by atoms with E-state index in [2.05, 4.69) is 24.1 Å². The first-order valence-electron chi connectivity index (χ1n) is 7.09. The van der Waals surface area contributed by atoms with Gasteiger partial charge in [-0.1, -0.05) is 25.4 Å². The van der Waals surface area contributed by atoms with Gasteiger partial charge in [-0.15, -0.1) is 0 Å². The van der Waals surface area contributed by atoms with Gasteiger partial charge in [-0.3, -0.25) is 0 Å². The Balaban J connectivity index is 1.93. The second kappa shape index (κ2) is 6.72. The highest BCUT2D eigenvalue weighted by Crippen LogP contribution is 2.28. The van der Waals surface area contributed by atoms with E-state index >= 15 is 0 Å². The molecule has 0 saturated carbocycles. The molecule has 2 nitrogen and oxygen atoms in total. The van der Waals surface area contributed by atoms with Gasteiger partial charge >= 0.3 is 0 Å². The predicted molar refractivity (Wildman–Crippen MR) is 79.3 cm³/mol. The number of piperidine rings is 1. The van der Waals surface area contributed by atoms with Gasteiger partial charge in [-0.2, -0.15) is 0 Å². The van der Waals surface area contributed by atoms with Crippen molar-refractivity contribution < 1.29 is 8.78 Å². The molecule has 0 radical (unpaired) electrons. The number of nitrogens with zero attached hydrogens (tertiary/aromatic N) is 1. The number of hydrogen-bond acceptors (Lipinski definition) is 2. The summed E-state index contributed by atoms with van der Waals surface area (Å²) in [5.74, 6) is -0.618. The molecule has 0 atom stereocenters. The van der Waals surface area contributed by atoms with Crippen LogP contribution < -0.4 is 5.32 Å². The summed E-state index contributed by atoms with van der Waals surface area (Å²) in [7, 11) is 0. The van der Waals surface area contributed by atoms with E-state index in [-0.39, 0.29) is 16.8 Å². The van der Waals surface area contributed by atoms with Gasteiger partial charge in [0.15, 0.2) is 5.82 Å². The summed E-state index contributed by atoms with van der Waals surface area (Å²) in [6, 6.07) is 2.19. The summed E-state index contributed by atoms with van der Waals surface area (Å²) in [5, 5.41) is 3.22. The van der Waals surface area contributed by atoms with Crippen molar-refractivity contribution in [2.75, 3.05) is 25.0 Å². The highest BCUT2D eigenvalue weighted by molar-refractivity contribution is 6.33. The largest absolute Gasteiger partial charge is 0.379 e. The first-order chi connectivity index (χ1) is 9.45. The molecular weight excluding hydrogens is 282 g/mol. The molecule has 5 heteroatoms. The topological polar surface area (TPSA) is 15.3 Å². The van der Waals surface area contributed by atoms with E-state index in [0.717, 1.165) is 44.6 Å². The number of rotatable bonds is 4. The van der Waals surface area contributed by atoms with Crippen LogP contribution in [-0.2, 0) is 0 Å². The molecule has 0 bridgehead atoms. The van der Waals surface area contributed by atoms with Crippen molar-refractivity contribution in [2.24, 2.45) is 5.92 Å². The lowest BCUT2D eigenvalue weighted by atomic mass is 10.0. The van der Waals surface area contributed by atoms with Crippen LogP contribution in [0.1, 0.15) is 26.7 Å². The average molecular weight is 303 g/mol. The van der Waals surface area contributed by atoms with Crippen molar-refractivity contribution in [2.45, 2.75) is 32.7 Å².